The van der Waals surface area contributed by atoms with Crippen molar-refractivity contribution in [3.05, 3.63) is 35.3 Å². The van der Waals surface area contributed by atoms with Gasteiger partial charge in [-0.2, -0.15) is 0 Å². The summed E-state index contributed by atoms with van der Waals surface area (Å²) in [5.74, 6) is -0.0797. The molecule has 7 heteroatoms. The molecule has 1 heterocycles. The van der Waals surface area contributed by atoms with Crippen molar-refractivity contribution < 1.29 is 4.79 Å². The van der Waals surface area contributed by atoms with E-state index < -0.39 is 5.54 Å². The highest BCUT2D eigenvalue weighted by Crippen LogP contribution is 2.31. The molecule has 1 amide bonds. The van der Waals surface area contributed by atoms with Crippen LogP contribution < -0.4 is 11.1 Å². The summed E-state index contributed by atoms with van der Waals surface area (Å²) in [6.07, 6.45) is 3.95. The molecule has 0 spiro atoms. The molecular weight excluding hydrogens is 344 g/mol. The van der Waals surface area contributed by atoms with Crippen molar-refractivity contribution in [1.29, 1.82) is 0 Å². The van der Waals surface area contributed by atoms with E-state index in [0.717, 1.165) is 41.3 Å². The number of halogens is 1. The van der Waals surface area contributed by atoms with Crippen LogP contribution in [-0.2, 0) is 11.3 Å². The number of amides is 1. The van der Waals surface area contributed by atoms with E-state index >= 15 is 0 Å². The van der Waals surface area contributed by atoms with Crippen LogP contribution in [0, 0.1) is 5.92 Å². The van der Waals surface area contributed by atoms with Crippen molar-refractivity contribution in [1.82, 2.24) is 15.5 Å². The van der Waals surface area contributed by atoms with Crippen molar-refractivity contribution in [3.63, 3.8) is 0 Å². The number of benzene rings is 1. The van der Waals surface area contributed by atoms with Gasteiger partial charge >= 0.3 is 0 Å². The molecule has 1 aromatic carbocycles. The predicted molar refractivity (Wildman–Crippen MR) is 99.0 cm³/mol. The molecule has 0 radical (unpaired) electrons. The van der Waals surface area contributed by atoms with Crippen LogP contribution in [0.4, 0.5) is 0 Å². The van der Waals surface area contributed by atoms with Gasteiger partial charge in [-0.15, -0.1) is 22.6 Å². The minimum atomic E-state index is -0.404. The van der Waals surface area contributed by atoms with Crippen LogP contribution in [0.5, 0.6) is 0 Å². The molecule has 2 aromatic rings. The maximum atomic E-state index is 12.4. The largest absolute Gasteiger partial charge is 0.349 e. The van der Waals surface area contributed by atoms with Crippen molar-refractivity contribution in [2.45, 2.75) is 44.7 Å². The number of carbonyl (C=O) groups is 1. The van der Waals surface area contributed by atoms with Crippen LogP contribution in [0.1, 0.15) is 37.6 Å². The Hall–Kier alpha value is -1.50. The number of aromatic nitrogens is 2. The zero-order valence-corrected chi connectivity index (χ0v) is 15.3. The number of nitrogens with two attached hydrogens (primary N) is 1. The van der Waals surface area contributed by atoms with E-state index in [-0.39, 0.29) is 24.2 Å². The topological polar surface area (TPSA) is 80.9 Å². The van der Waals surface area contributed by atoms with Crippen LogP contribution in [0.15, 0.2) is 30.3 Å². The molecule has 3 N–H and O–H groups in total. The van der Waals surface area contributed by atoms with Crippen molar-refractivity contribution >= 4 is 29.7 Å². The number of nitrogens with one attached hydrogen (secondary N) is 1. The van der Waals surface area contributed by atoms with Crippen molar-refractivity contribution in [3.8, 4) is 10.6 Å². The molecular formula is C17H23ClN4OS. The molecule has 1 aliphatic carbocycles. The van der Waals surface area contributed by atoms with Gasteiger partial charge in [0.1, 0.15) is 10.0 Å². The summed E-state index contributed by atoms with van der Waals surface area (Å²) in [6, 6.07) is 9.93. The minimum Gasteiger partial charge on any atom is -0.349 e. The molecule has 0 saturated heterocycles. The zero-order chi connectivity index (χ0) is 16.3. The first-order valence-electron chi connectivity index (χ1n) is 8.01. The first-order valence-corrected chi connectivity index (χ1v) is 8.82. The molecule has 130 valence electrons. The fraction of sp³-hybridized carbons (Fsp3) is 0.471. The average molecular weight is 367 g/mol. The number of hydrogen-bond acceptors (Lipinski definition) is 5. The molecule has 1 saturated carbocycles. The summed E-state index contributed by atoms with van der Waals surface area (Å²) in [7, 11) is 0. The quantitative estimate of drug-likeness (QED) is 0.870. The fourth-order valence-electron chi connectivity index (χ4n) is 3.10. The Kier molecular flexibility index (Phi) is 6.32. The second-order valence-electron chi connectivity index (χ2n) is 6.39. The highest BCUT2D eigenvalue weighted by Gasteiger charge is 2.37. The zero-order valence-electron chi connectivity index (χ0n) is 13.7. The third-order valence-corrected chi connectivity index (χ3v) is 5.44. The van der Waals surface area contributed by atoms with Crippen molar-refractivity contribution in [2.24, 2.45) is 11.7 Å². The molecule has 2 unspecified atom stereocenters. The van der Waals surface area contributed by atoms with Crippen molar-refractivity contribution in [2.75, 3.05) is 0 Å². The highest BCUT2D eigenvalue weighted by atomic mass is 35.5. The van der Waals surface area contributed by atoms with Crippen LogP contribution in [0.25, 0.3) is 10.6 Å². The van der Waals surface area contributed by atoms with E-state index in [2.05, 4.69) is 15.5 Å². The molecule has 0 aliphatic heterocycles. The van der Waals surface area contributed by atoms with Gasteiger partial charge in [0.2, 0.25) is 5.91 Å². The molecule has 3 rings (SSSR count). The van der Waals surface area contributed by atoms with Gasteiger partial charge in [0, 0.05) is 11.1 Å². The predicted octanol–water partition coefficient (Wildman–Crippen LogP) is 3.15. The molecule has 24 heavy (non-hydrogen) atoms. The van der Waals surface area contributed by atoms with E-state index in [1.54, 1.807) is 0 Å². The van der Waals surface area contributed by atoms with Gasteiger partial charge in [0.05, 0.1) is 12.5 Å². The number of hydrogen-bond donors (Lipinski definition) is 2. The second-order valence-corrected chi connectivity index (χ2v) is 7.45. The Morgan fingerprint density at radius 2 is 2.08 bits per heavy atom. The van der Waals surface area contributed by atoms with Gasteiger partial charge in [-0.3, -0.25) is 4.79 Å². The summed E-state index contributed by atoms with van der Waals surface area (Å²) in [5.41, 5.74) is 6.93. The van der Waals surface area contributed by atoms with Gasteiger partial charge in [-0.1, -0.05) is 54.5 Å². The first-order chi connectivity index (χ1) is 11.1. The van der Waals surface area contributed by atoms with E-state index in [1.165, 1.54) is 11.3 Å². The number of rotatable bonds is 4. The van der Waals surface area contributed by atoms with Gasteiger partial charge in [-0.25, -0.2) is 0 Å². The molecule has 1 aromatic heterocycles. The van der Waals surface area contributed by atoms with Crippen LogP contribution in [0.3, 0.4) is 0 Å². The van der Waals surface area contributed by atoms with E-state index in [4.69, 9.17) is 5.73 Å². The summed E-state index contributed by atoms with van der Waals surface area (Å²) in [5, 5.41) is 13.0. The fourth-order valence-corrected chi connectivity index (χ4v) is 3.88. The highest BCUT2D eigenvalue weighted by molar-refractivity contribution is 7.14. The molecule has 2 atom stereocenters. The van der Waals surface area contributed by atoms with E-state index in [1.807, 2.05) is 37.3 Å². The van der Waals surface area contributed by atoms with Gasteiger partial charge < -0.3 is 11.1 Å². The Bertz CT molecular complexity index is 674. The summed E-state index contributed by atoms with van der Waals surface area (Å²) in [6.45, 7) is 2.39. The summed E-state index contributed by atoms with van der Waals surface area (Å²) < 4.78 is 0. The molecule has 1 fully saturated rings. The first kappa shape index (κ1) is 18.8. The lowest BCUT2D eigenvalue weighted by Gasteiger charge is -2.37. The van der Waals surface area contributed by atoms with Crippen LogP contribution >= 0.6 is 23.7 Å². The Balaban J connectivity index is 0.00000208. The third kappa shape index (κ3) is 4.32. The normalized spacial score (nSPS) is 23.3. The third-order valence-electron chi connectivity index (χ3n) is 4.47. The maximum Gasteiger partial charge on any atom is 0.225 e. The standard InChI is InChI=1S/C17H22N4OS.ClH/c1-17(18)10-6-5-9-13(17)15(22)19-11-14-20-21-16(23-14)12-7-3-2-4-8-12;/h2-4,7-8,13H,5-6,9-11,18H2,1H3,(H,19,22);1H. The van der Waals surface area contributed by atoms with Crippen LogP contribution in [0.2, 0.25) is 0 Å². The van der Waals surface area contributed by atoms with Crippen LogP contribution in [-0.4, -0.2) is 21.6 Å². The van der Waals surface area contributed by atoms with Gasteiger partial charge in [0.25, 0.3) is 0 Å². The molecule has 5 nitrogen and oxygen atoms in total. The summed E-state index contributed by atoms with van der Waals surface area (Å²) in [4.78, 5) is 12.4. The lowest BCUT2D eigenvalue weighted by molar-refractivity contribution is -0.128. The Morgan fingerprint density at radius 1 is 1.33 bits per heavy atom. The Labute approximate surface area is 152 Å². The number of nitrogens with zero attached hydrogens (tertiary/aromatic N) is 2. The SMILES string of the molecule is CC1(N)CCCCC1C(=O)NCc1nnc(-c2ccccc2)s1.Cl. The van der Waals surface area contributed by atoms with Gasteiger partial charge in [-0.05, 0) is 19.8 Å². The number of carbonyl (C=O) groups excluding carboxylic acids is 1. The van der Waals surface area contributed by atoms with E-state index in [9.17, 15) is 4.79 Å². The monoisotopic (exact) mass is 366 g/mol. The lowest BCUT2D eigenvalue weighted by atomic mass is 9.74. The minimum absolute atomic E-state index is 0. The second kappa shape index (κ2) is 8.05. The van der Waals surface area contributed by atoms with Gasteiger partial charge in [0.15, 0.2) is 0 Å². The lowest BCUT2D eigenvalue weighted by Crippen LogP contribution is -2.52. The smallest absolute Gasteiger partial charge is 0.225 e. The summed E-state index contributed by atoms with van der Waals surface area (Å²) >= 11 is 1.51. The maximum absolute atomic E-state index is 12.4. The van der Waals surface area contributed by atoms with E-state index in [0.29, 0.717) is 6.54 Å². The average Bonchev–Trinajstić information content (AvgIpc) is 3.02. The molecule has 0 bridgehead atoms. The molecule has 1 aliphatic rings. The Morgan fingerprint density at radius 3 is 2.79 bits per heavy atom.